The van der Waals surface area contributed by atoms with Crippen molar-refractivity contribution in [3.8, 4) is 0 Å². The highest BCUT2D eigenvalue weighted by Crippen LogP contribution is 2.17. The Hall–Kier alpha value is -1.88. The van der Waals surface area contributed by atoms with Crippen LogP contribution < -0.4 is 16.8 Å². The second-order valence-corrected chi connectivity index (χ2v) is 4.13. The third-order valence-corrected chi connectivity index (χ3v) is 2.79. The molecule has 18 heavy (non-hydrogen) atoms. The number of amides is 2. The smallest absolute Gasteiger partial charge is 0.228 e. The second kappa shape index (κ2) is 6.76. The number of hydrogen-bond donors (Lipinski definition) is 3. The number of nitrogens with two attached hydrogens (primary N) is 2. The molecule has 0 heterocycles. The van der Waals surface area contributed by atoms with E-state index in [-0.39, 0.29) is 18.2 Å². The maximum Gasteiger partial charge on any atom is 0.228 e. The third kappa shape index (κ3) is 3.85. The lowest BCUT2D eigenvalue weighted by atomic mass is 10.0. The highest BCUT2D eigenvalue weighted by Gasteiger charge is 2.16. The van der Waals surface area contributed by atoms with Gasteiger partial charge in [0.2, 0.25) is 11.8 Å². The Morgan fingerprint density at radius 2 is 2.00 bits per heavy atom. The molecule has 0 fully saturated rings. The van der Waals surface area contributed by atoms with Crippen molar-refractivity contribution < 1.29 is 9.59 Å². The Bertz CT molecular complexity index is 428. The van der Waals surface area contributed by atoms with E-state index in [4.69, 9.17) is 11.5 Å². The summed E-state index contributed by atoms with van der Waals surface area (Å²) in [5, 5.41) is 2.79. The van der Waals surface area contributed by atoms with Crippen LogP contribution in [0.15, 0.2) is 24.3 Å². The Morgan fingerprint density at radius 1 is 1.33 bits per heavy atom. The predicted molar refractivity (Wildman–Crippen MR) is 70.8 cm³/mol. The van der Waals surface area contributed by atoms with Crippen LogP contribution in [0.2, 0.25) is 0 Å². The SMILES string of the molecule is CCC(CN)C(=O)Nc1ccccc1CC(N)=O. The summed E-state index contributed by atoms with van der Waals surface area (Å²) in [6.07, 6.45) is 0.788. The fourth-order valence-corrected chi connectivity index (χ4v) is 1.68. The van der Waals surface area contributed by atoms with Gasteiger partial charge < -0.3 is 16.8 Å². The number of carbonyl (C=O) groups is 2. The normalized spacial score (nSPS) is 11.9. The Balaban J connectivity index is 2.83. The monoisotopic (exact) mass is 249 g/mol. The van der Waals surface area contributed by atoms with Gasteiger partial charge in [0.05, 0.1) is 12.3 Å². The minimum Gasteiger partial charge on any atom is -0.369 e. The van der Waals surface area contributed by atoms with Gasteiger partial charge in [-0.25, -0.2) is 0 Å². The molecule has 1 aromatic carbocycles. The van der Waals surface area contributed by atoms with Crippen LogP contribution in [0, 0.1) is 5.92 Å². The van der Waals surface area contributed by atoms with E-state index < -0.39 is 5.91 Å². The predicted octanol–water partition coefficient (Wildman–Crippen LogP) is 0.638. The van der Waals surface area contributed by atoms with Gasteiger partial charge in [-0.1, -0.05) is 25.1 Å². The summed E-state index contributed by atoms with van der Waals surface area (Å²) in [6.45, 7) is 2.22. The quantitative estimate of drug-likeness (QED) is 0.690. The summed E-state index contributed by atoms with van der Waals surface area (Å²) in [6, 6.07) is 7.11. The maximum atomic E-state index is 11.9. The summed E-state index contributed by atoms with van der Waals surface area (Å²) in [5.74, 6) is -0.772. The molecule has 1 aromatic rings. The number of anilines is 1. The van der Waals surface area contributed by atoms with Crippen LogP contribution in [0.5, 0.6) is 0 Å². The average molecular weight is 249 g/mol. The fourth-order valence-electron chi connectivity index (χ4n) is 1.68. The third-order valence-electron chi connectivity index (χ3n) is 2.79. The maximum absolute atomic E-state index is 11.9. The van der Waals surface area contributed by atoms with Crippen LogP contribution in [0.3, 0.4) is 0 Å². The number of nitrogens with one attached hydrogen (secondary N) is 1. The lowest BCUT2D eigenvalue weighted by molar-refractivity contribution is -0.120. The van der Waals surface area contributed by atoms with Gasteiger partial charge in [0.25, 0.3) is 0 Å². The van der Waals surface area contributed by atoms with Crippen LogP contribution in [0.25, 0.3) is 0 Å². The minimum atomic E-state index is -0.428. The molecule has 0 bridgehead atoms. The second-order valence-electron chi connectivity index (χ2n) is 4.13. The van der Waals surface area contributed by atoms with Crippen molar-refractivity contribution >= 4 is 17.5 Å². The van der Waals surface area contributed by atoms with Gasteiger partial charge in [-0.2, -0.15) is 0 Å². The van der Waals surface area contributed by atoms with Gasteiger partial charge in [-0.15, -0.1) is 0 Å². The van der Waals surface area contributed by atoms with Gasteiger partial charge in [0.1, 0.15) is 0 Å². The largest absolute Gasteiger partial charge is 0.369 e. The van der Waals surface area contributed by atoms with E-state index in [0.29, 0.717) is 24.2 Å². The molecule has 0 saturated carbocycles. The number of hydrogen-bond acceptors (Lipinski definition) is 3. The van der Waals surface area contributed by atoms with Crippen molar-refractivity contribution in [1.29, 1.82) is 0 Å². The summed E-state index contributed by atoms with van der Waals surface area (Å²) in [4.78, 5) is 22.8. The summed E-state index contributed by atoms with van der Waals surface area (Å²) < 4.78 is 0. The molecule has 0 aliphatic heterocycles. The molecule has 5 nitrogen and oxygen atoms in total. The number of benzene rings is 1. The minimum absolute atomic E-state index is 0.107. The number of carbonyl (C=O) groups excluding carboxylic acids is 2. The molecule has 1 unspecified atom stereocenters. The number of rotatable bonds is 6. The van der Waals surface area contributed by atoms with Crippen LogP contribution in [0.1, 0.15) is 18.9 Å². The lowest BCUT2D eigenvalue weighted by Gasteiger charge is -2.14. The van der Waals surface area contributed by atoms with Crippen molar-refractivity contribution in [1.82, 2.24) is 0 Å². The van der Waals surface area contributed by atoms with E-state index in [2.05, 4.69) is 5.32 Å². The van der Waals surface area contributed by atoms with Gasteiger partial charge >= 0.3 is 0 Å². The first kappa shape index (κ1) is 14.2. The molecule has 0 spiro atoms. The van der Waals surface area contributed by atoms with Crippen molar-refractivity contribution in [3.05, 3.63) is 29.8 Å². The van der Waals surface area contributed by atoms with Crippen LogP contribution >= 0.6 is 0 Å². The molecule has 0 saturated heterocycles. The Labute approximate surface area is 107 Å². The standard InChI is InChI=1S/C13H19N3O2/c1-2-9(8-14)13(18)16-11-6-4-3-5-10(11)7-12(15)17/h3-6,9H,2,7-8,14H2,1H3,(H2,15,17)(H,16,18). The zero-order valence-corrected chi connectivity index (χ0v) is 10.5. The van der Waals surface area contributed by atoms with Crippen molar-refractivity contribution in [2.75, 3.05) is 11.9 Å². The molecule has 0 aromatic heterocycles. The summed E-state index contributed by atoms with van der Waals surface area (Å²) >= 11 is 0. The Kier molecular flexibility index (Phi) is 5.32. The van der Waals surface area contributed by atoms with E-state index in [1.807, 2.05) is 6.92 Å². The average Bonchev–Trinajstić information content (AvgIpc) is 2.32. The van der Waals surface area contributed by atoms with Crippen LogP contribution in [-0.4, -0.2) is 18.4 Å². The molecule has 1 rings (SSSR count). The molecule has 1 atom stereocenters. The molecular formula is C13H19N3O2. The molecule has 98 valence electrons. The first-order valence-corrected chi connectivity index (χ1v) is 5.95. The molecule has 0 aliphatic carbocycles. The van der Waals surface area contributed by atoms with Gasteiger partial charge in [0, 0.05) is 12.2 Å². The molecule has 0 aliphatic rings. The molecular weight excluding hydrogens is 230 g/mol. The highest BCUT2D eigenvalue weighted by molar-refractivity contribution is 5.94. The summed E-state index contributed by atoms with van der Waals surface area (Å²) in [5.41, 5.74) is 12.0. The van der Waals surface area contributed by atoms with E-state index in [1.165, 1.54) is 0 Å². The lowest BCUT2D eigenvalue weighted by Crippen LogP contribution is -2.29. The summed E-state index contributed by atoms with van der Waals surface area (Å²) in [7, 11) is 0. The fraction of sp³-hybridized carbons (Fsp3) is 0.385. The molecule has 5 heteroatoms. The molecule has 0 radical (unpaired) electrons. The zero-order chi connectivity index (χ0) is 13.5. The Morgan fingerprint density at radius 3 is 2.56 bits per heavy atom. The van der Waals surface area contributed by atoms with E-state index in [1.54, 1.807) is 24.3 Å². The topological polar surface area (TPSA) is 98.2 Å². The number of primary amides is 1. The van der Waals surface area contributed by atoms with E-state index in [0.717, 1.165) is 0 Å². The highest BCUT2D eigenvalue weighted by atomic mass is 16.2. The first-order valence-electron chi connectivity index (χ1n) is 5.95. The molecule has 2 amide bonds. The van der Waals surface area contributed by atoms with Gasteiger partial charge in [-0.05, 0) is 18.1 Å². The number of para-hydroxylation sites is 1. The van der Waals surface area contributed by atoms with Gasteiger partial charge in [-0.3, -0.25) is 9.59 Å². The van der Waals surface area contributed by atoms with Crippen molar-refractivity contribution in [2.45, 2.75) is 19.8 Å². The van der Waals surface area contributed by atoms with Crippen molar-refractivity contribution in [3.63, 3.8) is 0 Å². The van der Waals surface area contributed by atoms with E-state index >= 15 is 0 Å². The van der Waals surface area contributed by atoms with Crippen LogP contribution in [0.4, 0.5) is 5.69 Å². The van der Waals surface area contributed by atoms with E-state index in [9.17, 15) is 9.59 Å². The molecule has 5 N–H and O–H groups in total. The van der Waals surface area contributed by atoms with Crippen molar-refractivity contribution in [2.24, 2.45) is 17.4 Å². The zero-order valence-electron chi connectivity index (χ0n) is 10.5. The van der Waals surface area contributed by atoms with Crippen LogP contribution in [-0.2, 0) is 16.0 Å². The first-order chi connectivity index (χ1) is 8.58. The van der Waals surface area contributed by atoms with Gasteiger partial charge in [0.15, 0.2) is 0 Å².